The van der Waals surface area contributed by atoms with Gasteiger partial charge in [0, 0.05) is 42.2 Å². The SMILES string of the molecule is COc1cc(F)ccc1-c1cc(NC(=O)[C@H]2CCC[C@@H](NC(=O)C3(C#N)CN(C)C3)C2)ncc1F. The lowest BCUT2D eigenvalue weighted by Crippen LogP contribution is -2.62. The number of rotatable bonds is 6. The predicted molar refractivity (Wildman–Crippen MR) is 124 cm³/mol. The lowest BCUT2D eigenvalue weighted by molar-refractivity contribution is -0.136. The van der Waals surface area contributed by atoms with Crippen LogP contribution in [0.15, 0.2) is 30.5 Å². The van der Waals surface area contributed by atoms with Crippen LogP contribution in [-0.4, -0.2) is 55.0 Å². The van der Waals surface area contributed by atoms with Crippen LogP contribution in [0.2, 0.25) is 0 Å². The monoisotopic (exact) mass is 483 g/mol. The van der Waals surface area contributed by atoms with E-state index in [0.29, 0.717) is 31.5 Å². The number of methoxy groups -OCH3 is 1. The van der Waals surface area contributed by atoms with Gasteiger partial charge in [-0.25, -0.2) is 13.8 Å². The molecule has 2 heterocycles. The van der Waals surface area contributed by atoms with Gasteiger partial charge in [0.05, 0.1) is 19.4 Å². The normalized spacial score (nSPS) is 21.3. The van der Waals surface area contributed by atoms with Gasteiger partial charge in [-0.1, -0.05) is 6.42 Å². The first-order valence-corrected chi connectivity index (χ1v) is 11.5. The summed E-state index contributed by atoms with van der Waals surface area (Å²) in [7, 11) is 3.21. The van der Waals surface area contributed by atoms with E-state index in [4.69, 9.17) is 4.74 Å². The van der Waals surface area contributed by atoms with Gasteiger partial charge in [-0.05, 0) is 44.5 Å². The third-order valence-corrected chi connectivity index (χ3v) is 6.67. The molecule has 1 aliphatic carbocycles. The lowest BCUT2D eigenvalue weighted by Gasteiger charge is -2.43. The summed E-state index contributed by atoms with van der Waals surface area (Å²) in [5, 5.41) is 15.2. The van der Waals surface area contributed by atoms with Gasteiger partial charge in [-0.15, -0.1) is 0 Å². The fraction of sp³-hybridized carbons (Fsp3) is 0.440. The van der Waals surface area contributed by atoms with E-state index in [1.54, 1.807) is 0 Å². The maximum absolute atomic E-state index is 14.5. The molecule has 2 atom stereocenters. The van der Waals surface area contributed by atoms with Gasteiger partial charge in [0.25, 0.3) is 0 Å². The Morgan fingerprint density at radius 1 is 1.23 bits per heavy atom. The van der Waals surface area contributed by atoms with Gasteiger partial charge in [0.1, 0.15) is 23.2 Å². The Bertz CT molecular complexity index is 1180. The smallest absolute Gasteiger partial charge is 0.243 e. The number of hydrogen-bond acceptors (Lipinski definition) is 6. The van der Waals surface area contributed by atoms with Crippen molar-refractivity contribution in [2.75, 3.05) is 32.6 Å². The molecule has 2 amide bonds. The molecule has 0 spiro atoms. The molecule has 10 heteroatoms. The summed E-state index contributed by atoms with van der Waals surface area (Å²) in [6.45, 7) is 0.784. The van der Waals surface area contributed by atoms with Crippen molar-refractivity contribution in [1.29, 1.82) is 5.26 Å². The summed E-state index contributed by atoms with van der Waals surface area (Å²) < 4.78 is 33.3. The van der Waals surface area contributed by atoms with Crippen molar-refractivity contribution in [2.24, 2.45) is 11.3 Å². The molecule has 1 saturated carbocycles. The summed E-state index contributed by atoms with van der Waals surface area (Å²) in [6, 6.07) is 7.07. The first-order valence-electron chi connectivity index (χ1n) is 11.5. The minimum absolute atomic E-state index is 0.119. The molecular weight excluding hydrogens is 456 g/mol. The number of amides is 2. The molecule has 4 rings (SSSR count). The van der Waals surface area contributed by atoms with E-state index in [2.05, 4.69) is 21.7 Å². The number of nitrogens with one attached hydrogen (secondary N) is 2. The highest BCUT2D eigenvalue weighted by molar-refractivity contribution is 5.93. The molecule has 184 valence electrons. The van der Waals surface area contributed by atoms with Crippen molar-refractivity contribution in [3.8, 4) is 22.9 Å². The van der Waals surface area contributed by atoms with Crippen LogP contribution in [-0.2, 0) is 9.59 Å². The molecule has 0 bridgehead atoms. The van der Waals surface area contributed by atoms with Crippen LogP contribution in [0.1, 0.15) is 25.7 Å². The van der Waals surface area contributed by atoms with Crippen LogP contribution in [0.4, 0.5) is 14.6 Å². The molecule has 0 radical (unpaired) electrons. The number of carbonyl (C=O) groups is 2. The Kier molecular flexibility index (Phi) is 6.98. The van der Waals surface area contributed by atoms with Crippen molar-refractivity contribution in [1.82, 2.24) is 15.2 Å². The highest BCUT2D eigenvalue weighted by Gasteiger charge is 2.49. The molecule has 8 nitrogen and oxygen atoms in total. The quantitative estimate of drug-likeness (QED) is 0.654. The molecule has 0 unspecified atom stereocenters. The number of benzene rings is 1. The number of carbonyl (C=O) groups excluding carboxylic acids is 2. The average molecular weight is 484 g/mol. The largest absolute Gasteiger partial charge is 0.496 e. The minimum atomic E-state index is -1.03. The van der Waals surface area contributed by atoms with Crippen molar-refractivity contribution in [3.05, 3.63) is 42.1 Å². The Hall–Kier alpha value is -3.58. The zero-order valence-corrected chi connectivity index (χ0v) is 19.6. The lowest BCUT2D eigenvalue weighted by atomic mass is 9.79. The molecule has 2 aromatic rings. The summed E-state index contributed by atoms with van der Waals surface area (Å²) in [5.41, 5.74) is -0.578. The molecule has 2 N–H and O–H groups in total. The van der Waals surface area contributed by atoms with Crippen LogP contribution in [0.5, 0.6) is 5.75 Å². The van der Waals surface area contributed by atoms with Crippen molar-refractivity contribution < 1.29 is 23.1 Å². The maximum atomic E-state index is 14.5. The number of halogens is 2. The van der Waals surface area contributed by atoms with E-state index in [9.17, 15) is 23.6 Å². The Morgan fingerprint density at radius 2 is 2.00 bits per heavy atom. The number of nitrogens with zero attached hydrogens (tertiary/aromatic N) is 3. The van der Waals surface area contributed by atoms with Gasteiger partial charge >= 0.3 is 0 Å². The molecule has 1 saturated heterocycles. The van der Waals surface area contributed by atoms with Gasteiger partial charge in [0.2, 0.25) is 11.8 Å². The van der Waals surface area contributed by atoms with Crippen molar-refractivity contribution >= 4 is 17.6 Å². The highest BCUT2D eigenvalue weighted by atomic mass is 19.1. The molecule has 2 fully saturated rings. The van der Waals surface area contributed by atoms with Crippen LogP contribution in [0.3, 0.4) is 0 Å². The predicted octanol–water partition coefficient (Wildman–Crippen LogP) is 3.10. The summed E-state index contributed by atoms with van der Waals surface area (Å²) >= 11 is 0. The van der Waals surface area contributed by atoms with Gasteiger partial charge in [-0.2, -0.15) is 5.26 Å². The highest BCUT2D eigenvalue weighted by Crippen LogP contribution is 2.34. The summed E-state index contributed by atoms with van der Waals surface area (Å²) in [5.74, 6) is -1.78. The second-order valence-electron chi connectivity index (χ2n) is 9.28. The van der Waals surface area contributed by atoms with E-state index in [1.165, 1.54) is 25.3 Å². The van der Waals surface area contributed by atoms with Gasteiger partial charge in [-0.3, -0.25) is 9.59 Å². The molecule has 1 aliphatic heterocycles. The summed E-state index contributed by atoms with van der Waals surface area (Å²) in [6.07, 6.45) is 3.56. The average Bonchev–Trinajstić information content (AvgIpc) is 2.83. The number of hydrogen-bond donors (Lipinski definition) is 2. The number of pyridine rings is 1. The molecule has 2 aliphatic rings. The van der Waals surface area contributed by atoms with E-state index < -0.39 is 17.0 Å². The second-order valence-corrected chi connectivity index (χ2v) is 9.28. The number of ether oxygens (including phenoxy) is 1. The van der Waals surface area contributed by atoms with Crippen LogP contribution >= 0.6 is 0 Å². The summed E-state index contributed by atoms with van der Waals surface area (Å²) in [4.78, 5) is 31.6. The van der Waals surface area contributed by atoms with Gasteiger partial charge < -0.3 is 20.3 Å². The number of likely N-dealkylation sites (tertiary alicyclic amines) is 1. The van der Waals surface area contributed by atoms with Crippen molar-refractivity contribution in [3.63, 3.8) is 0 Å². The molecular formula is C25H27F2N5O3. The topological polar surface area (TPSA) is 107 Å². The van der Waals surface area contributed by atoms with Crippen LogP contribution in [0.25, 0.3) is 11.1 Å². The van der Waals surface area contributed by atoms with Crippen molar-refractivity contribution in [2.45, 2.75) is 31.7 Å². The van der Waals surface area contributed by atoms with Crippen LogP contribution < -0.4 is 15.4 Å². The fourth-order valence-corrected chi connectivity index (χ4v) is 4.85. The Morgan fingerprint density at radius 3 is 2.69 bits per heavy atom. The molecule has 1 aromatic carbocycles. The van der Waals surface area contributed by atoms with E-state index in [0.717, 1.165) is 25.1 Å². The molecule has 1 aromatic heterocycles. The Labute approximate surface area is 202 Å². The minimum Gasteiger partial charge on any atom is -0.496 e. The van der Waals surface area contributed by atoms with Crippen LogP contribution in [0, 0.1) is 34.3 Å². The van der Waals surface area contributed by atoms with E-state index in [-0.39, 0.29) is 40.9 Å². The van der Waals surface area contributed by atoms with E-state index in [1.807, 2.05) is 11.9 Å². The standard InChI is InChI=1S/C25H27F2N5O3/c1-32-13-25(12-28,14-32)24(34)30-17-5-3-4-15(8-17)23(33)31-22-10-19(20(27)11-29-22)18-7-6-16(26)9-21(18)35-2/h6-7,9-11,15,17H,3-5,8,13-14H2,1-2H3,(H,30,34)(H,29,31,33)/t15-,17+/m0/s1. The second kappa shape index (κ2) is 9.96. The molecule has 35 heavy (non-hydrogen) atoms. The van der Waals surface area contributed by atoms with E-state index >= 15 is 0 Å². The fourth-order valence-electron chi connectivity index (χ4n) is 4.85. The zero-order valence-electron chi connectivity index (χ0n) is 19.6. The maximum Gasteiger partial charge on any atom is 0.243 e. The number of nitriles is 1. The van der Waals surface area contributed by atoms with Gasteiger partial charge in [0.15, 0.2) is 5.41 Å². The first-order chi connectivity index (χ1) is 16.7. The zero-order chi connectivity index (χ0) is 25.2. The Balaban J connectivity index is 1.43. The first kappa shape index (κ1) is 24.5. The third-order valence-electron chi connectivity index (χ3n) is 6.67. The third kappa shape index (κ3) is 5.10. The number of anilines is 1. The number of aromatic nitrogens is 1.